The van der Waals surface area contributed by atoms with Gasteiger partial charge in [0.05, 0.1) is 13.7 Å². The number of nitrogens with one attached hydrogen (secondary N) is 1. The van der Waals surface area contributed by atoms with E-state index in [-0.39, 0.29) is 12.0 Å². The van der Waals surface area contributed by atoms with Crippen LogP contribution in [0.2, 0.25) is 0 Å². The van der Waals surface area contributed by atoms with Gasteiger partial charge in [-0.05, 0) is 30.3 Å². The molecule has 1 N–H and O–H groups in total. The van der Waals surface area contributed by atoms with Crippen LogP contribution in [0.5, 0.6) is 11.5 Å². The van der Waals surface area contributed by atoms with Crippen molar-refractivity contribution in [1.82, 2.24) is 14.9 Å². The van der Waals surface area contributed by atoms with Gasteiger partial charge in [0.25, 0.3) is 5.91 Å². The van der Waals surface area contributed by atoms with Gasteiger partial charge in [0.2, 0.25) is 0 Å². The first-order valence-electron chi connectivity index (χ1n) is 9.68. The number of aromatic nitrogens is 2. The van der Waals surface area contributed by atoms with E-state index in [4.69, 9.17) is 9.47 Å². The SMILES string of the molecule is COc1ccc2cc(C(=O)N3CCC(Oc4cccc5cccnc45)C3)[nH]c2c1. The van der Waals surface area contributed by atoms with Crippen molar-refractivity contribution in [1.29, 1.82) is 0 Å². The molecule has 3 heterocycles. The maximum atomic E-state index is 13.0. The van der Waals surface area contributed by atoms with Crippen molar-refractivity contribution in [3.63, 3.8) is 0 Å². The zero-order valence-electron chi connectivity index (χ0n) is 16.1. The zero-order valence-corrected chi connectivity index (χ0v) is 16.1. The molecule has 6 nitrogen and oxygen atoms in total. The number of benzene rings is 2. The number of pyridine rings is 1. The van der Waals surface area contributed by atoms with E-state index in [0.717, 1.165) is 39.7 Å². The monoisotopic (exact) mass is 387 g/mol. The van der Waals surface area contributed by atoms with Crippen LogP contribution in [0.1, 0.15) is 16.9 Å². The highest BCUT2D eigenvalue weighted by atomic mass is 16.5. The van der Waals surface area contributed by atoms with E-state index in [1.165, 1.54) is 0 Å². The average Bonchev–Trinajstić information content (AvgIpc) is 3.40. The van der Waals surface area contributed by atoms with E-state index in [9.17, 15) is 4.79 Å². The van der Waals surface area contributed by atoms with Crippen molar-refractivity contribution in [2.45, 2.75) is 12.5 Å². The Labute approximate surface area is 168 Å². The quantitative estimate of drug-likeness (QED) is 0.574. The van der Waals surface area contributed by atoms with E-state index >= 15 is 0 Å². The Morgan fingerprint density at radius 2 is 2.03 bits per heavy atom. The summed E-state index contributed by atoms with van der Waals surface area (Å²) in [6.45, 7) is 1.22. The zero-order chi connectivity index (χ0) is 19.8. The number of nitrogens with zero attached hydrogens (tertiary/aromatic N) is 2. The molecule has 1 aliphatic rings. The first kappa shape index (κ1) is 17.6. The molecular weight excluding hydrogens is 366 g/mol. The number of fused-ring (bicyclic) bond motifs is 2. The highest BCUT2D eigenvalue weighted by Crippen LogP contribution is 2.27. The van der Waals surface area contributed by atoms with Crippen molar-refractivity contribution in [3.8, 4) is 11.5 Å². The molecule has 1 saturated heterocycles. The first-order valence-corrected chi connectivity index (χ1v) is 9.68. The van der Waals surface area contributed by atoms with Gasteiger partial charge in [0.15, 0.2) is 0 Å². The number of carbonyl (C=O) groups is 1. The fraction of sp³-hybridized carbons (Fsp3) is 0.217. The summed E-state index contributed by atoms with van der Waals surface area (Å²) in [5, 5.41) is 2.03. The molecule has 1 atom stereocenters. The molecule has 1 fully saturated rings. The average molecular weight is 387 g/mol. The summed E-state index contributed by atoms with van der Waals surface area (Å²) in [5.41, 5.74) is 2.33. The topological polar surface area (TPSA) is 67.4 Å². The second kappa shape index (κ2) is 7.13. The molecule has 0 saturated carbocycles. The lowest BCUT2D eigenvalue weighted by Gasteiger charge is -2.17. The molecule has 1 amide bonds. The fourth-order valence-corrected chi connectivity index (χ4v) is 3.88. The van der Waals surface area contributed by atoms with Crippen LogP contribution in [0.15, 0.2) is 60.8 Å². The minimum atomic E-state index is -0.0453. The summed E-state index contributed by atoms with van der Waals surface area (Å²) < 4.78 is 11.5. The minimum Gasteiger partial charge on any atom is -0.497 e. The number of methoxy groups -OCH3 is 1. The van der Waals surface area contributed by atoms with Gasteiger partial charge in [-0.15, -0.1) is 0 Å². The lowest BCUT2D eigenvalue weighted by atomic mass is 10.2. The van der Waals surface area contributed by atoms with Gasteiger partial charge in [-0.25, -0.2) is 0 Å². The Hall–Kier alpha value is -3.54. The third kappa shape index (κ3) is 3.27. The number of likely N-dealkylation sites (tertiary alicyclic amines) is 1. The van der Waals surface area contributed by atoms with Gasteiger partial charge in [0, 0.05) is 41.5 Å². The normalized spacial score (nSPS) is 16.4. The van der Waals surface area contributed by atoms with Gasteiger partial charge in [-0.3, -0.25) is 9.78 Å². The lowest BCUT2D eigenvalue weighted by Crippen LogP contribution is -2.31. The van der Waals surface area contributed by atoms with Crippen molar-refractivity contribution in [2.24, 2.45) is 0 Å². The molecular formula is C23H21N3O3. The molecule has 6 heteroatoms. The molecule has 29 heavy (non-hydrogen) atoms. The highest BCUT2D eigenvalue weighted by Gasteiger charge is 2.29. The molecule has 4 aromatic rings. The van der Waals surface area contributed by atoms with E-state index in [1.54, 1.807) is 13.3 Å². The van der Waals surface area contributed by atoms with Crippen LogP contribution in [0.3, 0.4) is 0 Å². The summed E-state index contributed by atoms with van der Waals surface area (Å²) in [5.74, 6) is 1.51. The summed E-state index contributed by atoms with van der Waals surface area (Å²) >= 11 is 0. The number of ether oxygens (including phenoxy) is 2. The predicted octanol–water partition coefficient (Wildman–Crippen LogP) is 4.02. The maximum Gasteiger partial charge on any atom is 0.270 e. The standard InChI is InChI=1S/C23H21N3O3/c1-28-17-8-7-16-12-20(25-19(16)13-17)23(27)26-11-9-18(14-26)29-21-6-2-4-15-5-3-10-24-22(15)21/h2-8,10,12-13,18,25H,9,11,14H2,1H3. The van der Waals surface area contributed by atoms with E-state index in [2.05, 4.69) is 9.97 Å². The Kier molecular flexibility index (Phi) is 4.31. The Balaban J connectivity index is 1.32. The number of hydrogen-bond donors (Lipinski definition) is 1. The maximum absolute atomic E-state index is 13.0. The van der Waals surface area contributed by atoms with Crippen LogP contribution in [0.25, 0.3) is 21.8 Å². The van der Waals surface area contributed by atoms with Crippen LogP contribution in [-0.2, 0) is 0 Å². The van der Waals surface area contributed by atoms with Crippen molar-refractivity contribution in [3.05, 3.63) is 66.5 Å². The van der Waals surface area contributed by atoms with Gasteiger partial charge in [-0.1, -0.05) is 18.2 Å². The second-order valence-electron chi connectivity index (χ2n) is 7.25. The van der Waals surface area contributed by atoms with Gasteiger partial charge < -0.3 is 19.4 Å². The van der Waals surface area contributed by atoms with Crippen LogP contribution in [-0.4, -0.2) is 47.1 Å². The molecule has 5 rings (SSSR count). The Morgan fingerprint density at radius 1 is 1.14 bits per heavy atom. The molecule has 0 bridgehead atoms. The van der Waals surface area contributed by atoms with E-state index in [1.807, 2.05) is 59.5 Å². The summed E-state index contributed by atoms with van der Waals surface area (Å²) in [7, 11) is 1.63. The van der Waals surface area contributed by atoms with Crippen LogP contribution < -0.4 is 9.47 Å². The van der Waals surface area contributed by atoms with Crippen molar-refractivity contribution in [2.75, 3.05) is 20.2 Å². The number of para-hydroxylation sites is 1. The third-order valence-corrected chi connectivity index (χ3v) is 5.38. The van der Waals surface area contributed by atoms with Gasteiger partial charge in [0.1, 0.15) is 28.8 Å². The predicted molar refractivity (Wildman–Crippen MR) is 112 cm³/mol. The number of H-pyrrole nitrogens is 1. The smallest absolute Gasteiger partial charge is 0.270 e. The Morgan fingerprint density at radius 3 is 2.93 bits per heavy atom. The van der Waals surface area contributed by atoms with Gasteiger partial charge in [-0.2, -0.15) is 0 Å². The van der Waals surface area contributed by atoms with Crippen molar-refractivity contribution >= 4 is 27.7 Å². The van der Waals surface area contributed by atoms with E-state index in [0.29, 0.717) is 18.8 Å². The van der Waals surface area contributed by atoms with Gasteiger partial charge >= 0.3 is 0 Å². The number of rotatable bonds is 4. The number of amides is 1. The summed E-state index contributed by atoms with van der Waals surface area (Å²) in [4.78, 5) is 22.5. The minimum absolute atomic E-state index is 0.0117. The van der Waals surface area contributed by atoms with Crippen LogP contribution >= 0.6 is 0 Å². The third-order valence-electron chi connectivity index (χ3n) is 5.38. The summed E-state index contributed by atoms with van der Waals surface area (Å²) in [6.07, 6.45) is 2.52. The lowest BCUT2D eigenvalue weighted by molar-refractivity contribution is 0.0768. The number of carbonyl (C=O) groups excluding carboxylic acids is 1. The molecule has 1 unspecified atom stereocenters. The number of aromatic amines is 1. The highest BCUT2D eigenvalue weighted by molar-refractivity contribution is 5.98. The van der Waals surface area contributed by atoms with Crippen LogP contribution in [0.4, 0.5) is 0 Å². The molecule has 2 aromatic carbocycles. The first-order chi connectivity index (χ1) is 14.2. The molecule has 1 aliphatic heterocycles. The summed E-state index contributed by atoms with van der Waals surface area (Å²) in [6, 6.07) is 17.5. The fourth-order valence-electron chi connectivity index (χ4n) is 3.88. The van der Waals surface area contributed by atoms with Crippen molar-refractivity contribution < 1.29 is 14.3 Å². The number of hydrogen-bond acceptors (Lipinski definition) is 4. The molecule has 0 spiro atoms. The molecule has 0 aliphatic carbocycles. The largest absolute Gasteiger partial charge is 0.497 e. The molecule has 146 valence electrons. The second-order valence-corrected chi connectivity index (χ2v) is 7.25. The van der Waals surface area contributed by atoms with E-state index < -0.39 is 0 Å². The molecule has 0 radical (unpaired) electrons. The Bertz CT molecular complexity index is 1200. The van der Waals surface area contributed by atoms with Crippen LogP contribution in [0, 0.1) is 0 Å². The molecule has 2 aromatic heterocycles.